The van der Waals surface area contributed by atoms with Crippen molar-refractivity contribution in [2.24, 2.45) is 0 Å². The number of methoxy groups -OCH3 is 1. The number of rotatable bonds is 4. The molecule has 85 valence electrons. The summed E-state index contributed by atoms with van der Waals surface area (Å²) in [4.78, 5) is 33.4. The van der Waals surface area contributed by atoms with Crippen molar-refractivity contribution in [3.63, 3.8) is 0 Å². The van der Waals surface area contributed by atoms with Gasteiger partial charge in [-0.25, -0.2) is 4.79 Å². The number of ketones is 2. The number of halogens is 1. The van der Waals surface area contributed by atoms with Crippen LogP contribution in [0.3, 0.4) is 0 Å². The molecule has 0 aliphatic rings. The predicted octanol–water partition coefficient (Wildman–Crippen LogP) is 1.27. The van der Waals surface area contributed by atoms with Gasteiger partial charge in [-0.1, -0.05) is 11.6 Å². The molecule has 4 nitrogen and oxygen atoms in total. The fourth-order valence-electron chi connectivity index (χ4n) is 1.07. The molecule has 0 saturated carbocycles. The molecule has 0 heterocycles. The minimum Gasteiger partial charge on any atom is -0.463 e. The van der Waals surface area contributed by atoms with Gasteiger partial charge in [0.2, 0.25) is 5.78 Å². The fourth-order valence-corrected chi connectivity index (χ4v) is 1.20. The summed E-state index contributed by atoms with van der Waals surface area (Å²) in [6.45, 7) is 0. The van der Waals surface area contributed by atoms with E-state index in [9.17, 15) is 14.4 Å². The zero-order chi connectivity index (χ0) is 12.1. The summed E-state index contributed by atoms with van der Waals surface area (Å²) in [6, 6.07) is 6.07. The average molecular weight is 264 g/mol. The quantitative estimate of drug-likeness (QED) is 0.270. The smallest absolute Gasteiger partial charge is 0.374 e. The summed E-state index contributed by atoms with van der Waals surface area (Å²) < 4.78 is 4.21. The van der Waals surface area contributed by atoms with Crippen LogP contribution in [0, 0.1) is 0 Å². The van der Waals surface area contributed by atoms with Crippen LogP contribution in [0.15, 0.2) is 24.3 Å². The molecule has 0 atom stereocenters. The maximum atomic E-state index is 11.5. The van der Waals surface area contributed by atoms with E-state index in [4.69, 9.17) is 11.6 Å². The number of hydrogen-bond donors (Lipinski definition) is 0. The Hall–Kier alpha value is -0.680. The minimum absolute atomic E-state index is 0. The number of esters is 1. The molecule has 1 aromatic rings. The van der Waals surface area contributed by atoms with Crippen molar-refractivity contribution in [1.82, 2.24) is 0 Å². The zero-order valence-electron chi connectivity index (χ0n) is 9.53. The second kappa shape index (κ2) is 7.61. The molecule has 0 N–H and O–H groups in total. The first kappa shape index (κ1) is 16.3. The Morgan fingerprint density at radius 3 is 2.18 bits per heavy atom. The Bertz CT molecular complexity index is 428. The SMILES string of the molecule is COC(=O)C(=O)CC(=O)c1ccc(Cl)cc1.[Na]. The van der Waals surface area contributed by atoms with Gasteiger partial charge >= 0.3 is 5.97 Å². The van der Waals surface area contributed by atoms with E-state index in [2.05, 4.69) is 4.74 Å². The molecule has 6 heteroatoms. The molecule has 1 radical (unpaired) electrons. The maximum Gasteiger partial charge on any atom is 0.374 e. The van der Waals surface area contributed by atoms with Gasteiger partial charge in [0, 0.05) is 40.1 Å². The third-order valence-electron chi connectivity index (χ3n) is 1.90. The van der Waals surface area contributed by atoms with E-state index in [0.717, 1.165) is 7.11 Å². The summed E-state index contributed by atoms with van der Waals surface area (Å²) in [6.07, 6.45) is -0.492. The van der Waals surface area contributed by atoms with Crippen LogP contribution < -0.4 is 0 Å². The Balaban J connectivity index is 0.00000256. The topological polar surface area (TPSA) is 60.4 Å². The molecule has 0 saturated heterocycles. The third kappa shape index (κ3) is 5.00. The van der Waals surface area contributed by atoms with Crippen LogP contribution in [-0.4, -0.2) is 54.2 Å². The normalized spacial score (nSPS) is 9.06. The second-order valence-corrected chi connectivity index (χ2v) is 3.46. The minimum atomic E-state index is -1.01. The second-order valence-electron chi connectivity index (χ2n) is 3.02. The van der Waals surface area contributed by atoms with Crippen molar-refractivity contribution in [2.75, 3.05) is 7.11 Å². The van der Waals surface area contributed by atoms with Gasteiger partial charge in [0.25, 0.3) is 0 Å². The summed E-state index contributed by atoms with van der Waals surface area (Å²) in [5, 5.41) is 0.496. The largest absolute Gasteiger partial charge is 0.463 e. The Labute approximate surface area is 126 Å². The van der Waals surface area contributed by atoms with Gasteiger partial charge in [-0.3, -0.25) is 9.59 Å². The van der Waals surface area contributed by atoms with Crippen LogP contribution in [-0.2, 0) is 14.3 Å². The molecule has 0 fully saturated rings. The molecular weight excluding hydrogens is 255 g/mol. The van der Waals surface area contributed by atoms with Crippen LogP contribution in [0.5, 0.6) is 0 Å². The number of carbonyl (C=O) groups excluding carboxylic acids is 3. The first-order valence-corrected chi connectivity index (χ1v) is 4.82. The van der Waals surface area contributed by atoms with Crippen molar-refractivity contribution < 1.29 is 19.1 Å². The van der Waals surface area contributed by atoms with Gasteiger partial charge in [0.15, 0.2) is 5.78 Å². The van der Waals surface area contributed by atoms with Crippen molar-refractivity contribution in [3.05, 3.63) is 34.9 Å². The van der Waals surface area contributed by atoms with Crippen molar-refractivity contribution >= 4 is 58.7 Å². The molecular formula is C11H9ClNaO4. The van der Waals surface area contributed by atoms with E-state index in [0.29, 0.717) is 10.6 Å². The van der Waals surface area contributed by atoms with Gasteiger partial charge in [-0.05, 0) is 24.3 Å². The van der Waals surface area contributed by atoms with Crippen LogP contribution in [0.4, 0.5) is 0 Å². The zero-order valence-corrected chi connectivity index (χ0v) is 12.3. The Kier molecular flexibility index (Phi) is 7.30. The fraction of sp³-hybridized carbons (Fsp3) is 0.182. The molecule has 0 amide bonds. The maximum absolute atomic E-state index is 11.5. The van der Waals surface area contributed by atoms with Crippen molar-refractivity contribution in [2.45, 2.75) is 6.42 Å². The molecule has 0 aliphatic heterocycles. The first-order valence-electron chi connectivity index (χ1n) is 4.44. The number of hydrogen-bond acceptors (Lipinski definition) is 4. The van der Waals surface area contributed by atoms with Crippen LogP contribution >= 0.6 is 11.6 Å². The molecule has 17 heavy (non-hydrogen) atoms. The third-order valence-corrected chi connectivity index (χ3v) is 2.15. The van der Waals surface area contributed by atoms with Gasteiger partial charge in [-0.15, -0.1) is 0 Å². The molecule has 0 unspecified atom stereocenters. The van der Waals surface area contributed by atoms with Crippen LogP contribution in [0.1, 0.15) is 16.8 Å². The number of benzene rings is 1. The van der Waals surface area contributed by atoms with E-state index in [1.165, 1.54) is 24.3 Å². The van der Waals surface area contributed by atoms with Crippen LogP contribution in [0.2, 0.25) is 5.02 Å². The standard InChI is InChI=1S/C11H9ClO4.Na/c1-16-11(15)10(14)6-9(13)7-2-4-8(12)5-3-7;/h2-5H,6H2,1H3;. The molecule has 0 aromatic heterocycles. The monoisotopic (exact) mass is 263 g/mol. The van der Waals surface area contributed by atoms with Crippen molar-refractivity contribution in [3.8, 4) is 0 Å². The summed E-state index contributed by atoms with van der Waals surface area (Å²) in [5.74, 6) is -2.31. The van der Waals surface area contributed by atoms with Crippen LogP contribution in [0.25, 0.3) is 0 Å². The number of ether oxygens (including phenoxy) is 1. The van der Waals surface area contributed by atoms with E-state index >= 15 is 0 Å². The number of Topliss-reactive ketones (excluding diaryl/α,β-unsaturated/α-hetero) is 2. The molecule has 0 aliphatic carbocycles. The first-order chi connectivity index (χ1) is 7.54. The van der Waals surface area contributed by atoms with E-state index in [1.54, 1.807) is 0 Å². The Morgan fingerprint density at radius 2 is 1.71 bits per heavy atom. The van der Waals surface area contributed by atoms with E-state index in [1.807, 2.05) is 0 Å². The molecule has 1 aromatic carbocycles. The molecule has 0 spiro atoms. The van der Waals surface area contributed by atoms with Crippen molar-refractivity contribution in [1.29, 1.82) is 0 Å². The Morgan fingerprint density at radius 1 is 1.18 bits per heavy atom. The van der Waals surface area contributed by atoms with Gasteiger partial charge in [0.05, 0.1) is 13.5 Å². The number of carbonyl (C=O) groups is 3. The summed E-state index contributed by atoms with van der Waals surface area (Å²) >= 11 is 5.64. The summed E-state index contributed by atoms with van der Waals surface area (Å²) in [5.41, 5.74) is 0.335. The van der Waals surface area contributed by atoms with Gasteiger partial charge in [-0.2, -0.15) is 0 Å². The van der Waals surface area contributed by atoms with Gasteiger partial charge < -0.3 is 4.74 Å². The van der Waals surface area contributed by atoms with Gasteiger partial charge in [0.1, 0.15) is 0 Å². The average Bonchev–Trinajstić information content (AvgIpc) is 2.28. The van der Waals surface area contributed by atoms with E-state index < -0.39 is 24.0 Å². The summed E-state index contributed by atoms with van der Waals surface area (Å²) in [7, 11) is 1.09. The predicted molar refractivity (Wildman–Crippen MR) is 63.2 cm³/mol. The van der Waals surface area contributed by atoms with E-state index in [-0.39, 0.29) is 29.6 Å². The molecule has 1 rings (SSSR count). The molecule has 0 bridgehead atoms.